The molecular formula is C21H24BrN3O2. The molecule has 1 aliphatic rings. The number of nitrogens with one attached hydrogen (secondary N) is 1. The van der Waals surface area contributed by atoms with Gasteiger partial charge >= 0.3 is 0 Å². The van der Waals surface area contributed by atoms with Gasteiger partial charge in [0.2, 0.25) is 11.8 Å². The summed E-state index contributed by atoms with van der Waals surface area (Å²) in [7, 11) is 4.10. The second-order valence-electron chi connectivity index (χ2n) is 7.12. The van der Waals surface area contributed by atoms with E-state index in [1.54, 1.807) is 4.90 Å². The molecule has 5 nitrogen and oxygen atoms in total. The van der Waals surface area contributed by atoms with E-state index in [4.69, 9.17) is 0 Å². The van der Waals surface area contributed by atoms with Gasteiger partial charge in [0.05, 0.1) is 5.92 Å². The Bertz CT molecular complexity index is 820. The Balaban J connectivity index is 1.59. The summed E-state index contributed by atoms with van der Waals surface area (Å²) in [6.45, 7) is 1.39. The molecule has 0 aliphatic carbocycles. The van der Waals surface area contributed by atoms with E-state index in [9.17, 15) is 9.59 Å². The van der Waals surface area contributed by atoms with Crippen LogP contribution in [0.25, 0.3) is 0 Å². The summed E-state index contributed by atoms with van der Waals surface area (Å²) in [5.74, 6) is -0.473. The Morgan fingerprint density at radius 1 is 1.22 bits per heavy atom. The first-order valence-corrected chi connectivity index (χ1v) is 9.82. The first-order valence-electron chi connectivity index (χ1n) is 9.03. The van der Waals surface area contributed by atoms with E-state index < -0.39 is 0 Å². The van der Waals surface area contributed by atoms with Crippen molar-refractivity contribution in [1.82, 2.24) is 4.90 Å². The predicted molar refractivity (Wildman–Crippen MR) is 112 cm³/mol. The number of halogens is 1. The van der Waals surface area contributed by atoms with Crippen LogP contribution in [0.2, 0.25) is 0 Å². The Hall–Kier alpha value is -2.18. The molecule has 2 amide bonds. The lowest BCUT2D eigenvalue weighted by Crippen LogP contribution is -2.28. The van der Waals surface area contributed by atoms with Crippen molar-refractivity contribution >= 4 is 39.1 Å². The first-order chi connectivity index (χ1) is 12.9. The third-order valence-electron chi connectivity index (χ3n) is 4.68. The third-order valence-corrected chi connectivity index (χ3v) is 5.18. The number of amides is 2. The second kappa shape index (κ2) is 8.67. The number of nitrogens with zero attached hydrogens (tertiary/aromatic N) is 2. The Kier molecular flexibility index (Phi) is 6.29. The Morgan fingerprint density at radius 3 is 2.63 bits per heavy atom. The molecular weight excluding hydrogens is 406 g/mol. The van der Waals surface area contributed by atoms with Crippen LogP contribution in [0.1, 0.15) is 12.0 Å². The summed E-state index contributed by atoms with van der Waals surface area (Å²) in [5, 5.41) is 2.94. The van der Waals surface area contributed by atoms with Gasteiger partial charge in [0.1, 0.15) is 0 Å². The van der Waals surface area contributed by atoms with Crippen LogP contribution in [-0.2, 0) is 16.0 Å². The molecule has 1 N–H and O–H groups in total. The van der Waals surface area contributed by atoms with E-state index >= 15 is 0 Å². The minimum absolute atomic E-state index is 0.0210. The fraction of sp³-hybridized carbons (Fsp3) is 0.333. The van der Waals surface area contributed by atoms with Crippen molar-refractivity contribution in [3.8, 4) is 0 Å². The zero-order chi connectivity index (χ0) is 19.4. The summed E-state index contributed by atoms with van der Waals surface area (Å²) in [6, 6.07) is 15.5. The molecule has 1 saturated heterocycles. The van der Waals surface area contributed by atoms with Crippen LogP contribution in [0.3, 0.4) is 0 Å². The number of hydrogen-bond donors (Lipinski definition) is 1. The smallest absolute Gasteiger partial charge is 0.229 e. The molecule has 2 aromatic rings. The van der Waals surface area contributed by atoms with Gasteiger partial charge in [0, 0.05) is 35.4 Å². The molecule has 27 heavy (non-hydrogen) atoms. The molecule has 1 aliphatic heterocycles. The fourth-order valence-electron chi connectivity index (χ4n) is 3.13. The van der Waals surface area contributed by atoms with E-state index in [1.165, 1.54) is 5.56 Å². The predicted octanol–water partition coefficient (Wildman–Crippen LogP) is 3.54. The van der Waals surface area contributed by atoms with Gasteiger partial charge < -0.3 is 15.1 Å². The highest BCUT2D eigenvalue weighted by Crippen LogP contribution is 2.28. The zero-order valence-electron chi connectivity index (χ0n) is 15.6. The van der Waals surface area contributed by atoms with E-state index in [2.05, 4.69) is 40.2 Å². The van der Waals surface area contributed by atoms with Crippen molar-refractivity contribution in [1.29, 1.82) is 0 Å². The largest absolute Gasteiger partial charge is 0.326 e. The zero-order valence-corrected chi connectivity index (χ0v) is 17.2. The second-order valence-corrected chi connectivity index (χ2v) is 8.04. The maximum Gasteiger partial charge on any atom is 0.229 e. The maximum atomic E-state index is 12.6. The molecule has 142 valence electrons. The van der Waals surface area contributed by atoms with Crippen molar-refractivity contribution < 1.29 is 9.59 Å². The fourth-order valence-corrected chi connectivity index (χ4v) is 3.52. The SMILES string of the molecule is CN(C)CCc1ccc(NC(=O)C2CC(=O)N(c3cccc(Br)c3)C2)cc1. The van der Waals surface area contributed by atoms with Crippen LogP contribution in [0.4, 0.5) is 11.4 Å². The molecule has 0 radical (unpaired) electrons. The highest BCUT2D eigenvalue weighted by atomic mass is 79.9. The van der Waals surface area contributed by atoms with Gasteiger partial charge in [-0.15, -0.1) is 0 Å². The minimum atomic E-state index is -0.343. The van der Waals surface area contributed by atoms with Crippen molar-refractivity contribution in [2.75, 3.05) is 37.4 Å². The summed E-state index contributed by atoms with van der Waals surface area (Å²) in [5.41, 5.74) is 2.82. The van der Waals surface area contributed by atoms with Crippen LogP contribution in [0.15, 0.2) is 53.0 Å². The van der Waals surface area contributed by atoms with E-state index in [0.29, 0.717) is 6.54 Å². The molecule has 3 rings (SSSR count). The monoisotopic (exact) mass is 429 g/mol. The lowest BCUT2D eigenvalue weighted by molar-refractivity contribution is -0.122. The topological polar surface area (TPSA) is 52.7 Å². The third kappa shape index (κ3) is 5.17. The molecule has 0 saturated carbocycles. The molecule has 1 heterocycles. The molecule has 2 aromatic carbocycles. The van der Waals surface area contributed by atoms with Gasteiger partial charge in [-0.1, -0.05) is 34.1 Å². The van der Waals surface area contributed by atoms with Crippen molar-refractivity contribution in [3.05, 3.63) is 58.6 Å². The van der Waals surface area contributed by atoms with E-state index in [0.717, 1.165) is 28.8 Å². The van der Waals surface area contributed by atoms with Crippen LogP contribution >= 0.6 is 15.9 Å². The number of anilines is 2. The van der Waals surface area contributed by atoms with Gasteiger partial charge in [-0.3, -0.25) is 9.59 Å². The highest BCUT2D eigenvalue weighted by molar-refractivity contribution is 9.10. The normalized spacial score (nSPS) is 16.8. The van der Waals surface area contributed by atoms with Gasteiger partial charge in [-0.25, -0.2) is 0 Å². The van der Waals surface area contributed by atoms with Crippen molar-refractivity contribution in [2.45, 2.75) is 12.8 Å². The molecule has 0 bridgehead atoms. The lowest BCUT2D eigenvalue weighted by Gasteiger charge is -2.17. The van der Waals surface area contributed by atoms with Crippen LogP contribution in [-0.4, -0.2) is 43.9 Å². The highest BCUT2D eigenvalue weighted by Gasteiger charge is 2.35. The van der Waals surface area contributed by atoms with Crippen LogP contribution in [0, 0.1) is 5.92 Å². The molecule has 6 heteroatoms. The van der Waals surface area contributed by atoms with Gasteiger partial charge in [-0.2, -0.15) is 0 Å². The van der Waals surface area contributed by atoms with E-state index in [1.807, 2.05) is 48.5 Å². The first kappa shape index (κ1) is 19.6. The molecule has 1 unspecified atom stereocenters. The van der Waals surface area contributed by atoms with Gasteiger partial charge in [-0.05, 0) is 56.4 Å². The summed E-state index contributed by atoms with van der Waals surface area (Å²) in [4.78, 5) is 28.8. The summed E-state index contributed by atoms with van der Waals surface area (Å²) < 4.78 is 0.912. The number of carbonyl (C=O) groups is 2. The quantitative estimate of drug-likeness (QED) is 0.763. The summed E-state index contributed by atoms with van der Waals surface area (Å²) in [6.07, 6.45) is 1.21. The van der Waals surface area contributed by atoms with Gasteiger partial charge in [0.25, 0.3) is 0 Å². The molecule has 1 atom stereocenters. The van der Waals surface area contributed by atoms with Crippen LogP contribution in [0.5, 0.6) is 0 Å². The molecule has 0 spiro atoms. The number of hydrogen-bond acceptors (Lipinski definition) is 3. The van der Waals surface area contributed by atoms with Crippen molar-refractivity contribution in [2.24, 2.45) is 5.92 Å². The minimum Gasteiger partial charge on any atom is -0.326 e. The van der Waals surface area contributed by atoms with Crippen molar-refractivity contribution in [3.63, 3.8) is 0 Å². The Morgan fingerprint density at radius 2 is 1.96 bits per heavy atom. The number of carbonyl (C=O) groups excluding carboxylic acids is 2. The number of likely N-dealkylation sites (N-methyl/N-ethyl adjacent to an activating group) is 1. The summed E-state index contributed by atoms with van der Waals surface area (Å²) >= 11 is 3.42. The average molecular weight is 430 g/mol. The molecule has 0 aromatic heterocycles. The Labute approximate surface area is 168 Å². The standard InChI is InChI=1S/C21H24BrN3O2/c1-24(2)11-10-15-6-8-18(9-7-15)23-21(27)16-12-20(26)25(14-16)19-5-3-4-17(22)13-19/h3-9,13,16H,10-12,14H2,1-2H3,(H,23,27). The van der Waals surface area contributed by atoms with E-state index in [-0.39, 0.29) is 24.2 Å². The number of benzene rings is 2. The lowest BCUT2D eigenvalue weighted by atomic mass is 10.1. The van der Waals surface area contributed by atoms with Crippen LogP contribution < -0.4 is 10.2 Å². The number of rotatable bonds is 6. The maximum absolute atomic E-state index is 12.6. The van der Waals surface area contributed by atoms with Gasteiger partial charge in [0.15, 0.2) is 0 Å². The average Bonchev–Trinajstić information content (AvgIpc) is 3.03. The molecule has 1 fully saturated rings.